The van der Waals surface area contributed by atoms with Crippen LogP contribution in [0.4, 0.5) is 5.82 Å². The van der Waals surface area contributed by atoms with E-state index >= 15 is 0 Å². The molecular weight excluding hydrogens is 164 g/mol. The van der Waals surface area contributed by atoms with E-state index in [0.29, 0.717) is 5.69 Å². The molecule has 1 heterocycles. The summed E-state index contributed by atoms with van der Waals surface area (Å²) in [6, 6.07) is 1.81. The van der Waals surface area contributed by atoms with Crippen LogP contribution in [0.2, 0.25) is 5.15 Å². The van der Waals surface area contributed by atoms with Crippen molar-refractivity contribution < 1.29 is 0 Å². The van der Waals surface area contributed by atoms with Crippen LogP contribution in [0.15, 0.2) is 0 Å². The molecule has 0 saturated carbocycles. The third-order valence-electron chi connectivity index (χ3n) is 1.15. The molecule has 0 saturated heterocycles. The van der Waals surface area contributed by atoms with Crippen LogP contribution in [0.1, 0.15) is 11.4 Å². The standard InChI is InChI=1S/C6H5ClN4/c1-3-5(7)11-6(9)4(2-8)10-3/h1H3,(H2,9,11). The summed E-state index contributed by atoms with van der Waals surface area (Å²) in [5.74, 6) is 0.0723. The summed E-state index contributed by atoms with van der Waals surface area (Å²) in [5, 5.41) is 8.70. The molecule has 1 aromatic heterocycles. The number of aryl methyl sites for hydroxylation is 1. The van der Waals surface area contributed by atoms with Gasteiger partial charge in [-0.15, -0.1) is 0 Å². The van der Waals surface area contributed by atoms with Gasteiger partial charge < -0.3 is 5.73 Å². The minimum Gasteiger partial charge on any atom is -0.381 e. The molecule has 0 aliphatic carbocycles. The second-order valence-corrected chi connectivity index (χ2v) is 2.30. The van der Waals surface area contributed by atoms with Crippen LogP contribution in [-0.4, -0.2) is 9.97 Å². The van der Waals surface area contributed by atoms with Crippen molar-refractivity contribution in [2.75, 3.05) is 5.73 Å². The van der Waals surface area contributed by atoms with Crippen molar-refractivity contribution in [3.8, 4) is 6.07 Å². The molecule has 0 unspecified atom stereocenters. The smallest absolute Gasteiger partial charge is 0.183 e. The molecule has 0 aliphatic heterocycles. The summed E-state index contributed by atoms with van der Waals surface area (Å²) < 4.78 is 0. The van der Waals surface area contributed by atoms with Gasteiger partial charge in [0.25, 0.3) is 0 Å². The Kier molecular flexibility index (Phi) is 1.92. The Balaban J connectivity index is 3.35. The molecule has 0 fully saturated rings. The van der Waals surface area contributed by atoms with Gasteiger partial charge in [-0.3, -0.25) is 0 Å². The second-order valence-electron chi connectivity index (χ2n) is 1.95. The summed E-state index contributed by atoms with van der Waals surface area (Å²) >= 11 is 5.58. The minimum atomic E-state index is 0.0723. The van der Waals surface area contributed by atoms with Crippen LogP contribution in [0.5, 0.6) is 0 Å². The van der Waals surface area contributed by atoms with E-state index in [4.69, 9.17) is 22.6 Å². The third kappa shape index (κ3) is 1.38. The summed E-state index contributed by atoms with van der Waals surface area (Å²) in [5.41, 5.74) is 5.95. The first kappa shape index (κ1) is 7.76. The van der Waals surface area contributed by atoms with E-state index in [1.807, 2.05) is 0 Å². The molecule has 2 N–H and O–H groups in total. The maximum absolute atomic E-state index is 8.46. The lowest BCUT2D eigenvalue weighted by molar-refractivity contribution is 1.10. The first-order chi connectivity index (χ1) is 5.15. The molecule has 1 rings (SSSR count). The van der Waals surface area contributed by atoms with Crippen LogP contribution < -0.4 is 5.73 Å². The first-order valence-corrected chi connectivity index (χ1v) is 3.22. The number of nitriles is 1. The molecule has 0 bridgehead atoms. The van der Waals surface area contributed by atoms with Gasteiger partial charge in [0.1, 0.15) is 6.07 Å². The van der Waals surface area contributed by atoms with Crippen molar-refractivity contribution in [3.05, 3.63) is 16.5 Å². The van der Waals surface area contributed by atoms with Gasteiger partial charge in [0.15, 0.2) is 16.7 Å². The Hall–Kier alpha value is -1.34. The fraction of sp³-hybridized carbons (Fsp3) is 0.167. The van der Waals surface area contributed by atoms with Gasteiger partial charge in [-0.1, -0.05) is 11.6 Å². The van der Waals surface area contributed by atoms with Crippen LogP contribution in [0, 0.1) is 18.3 Å². The monoisotopic (exact) mass is 168 g/mol. The van der Waals surface area contributed by atoms with Crippen molar-refractivity contribution in [3.63, 3.8) is 0 Å². The van der Waals surface area contributed by atoms with Crippen LogP contribution in [-0.2, 0) is 0 Å². The van der Waals surface area contributed by atoms with Gasteiger partial charge in [-0.25, -0.2) is 9.97 Å². The molecule has 5 heteroatoms. The van der Waals surface area contributed by atoms with Crippen molar-refractivity contribution in [1.29, 1.82) is 5.26 Å². The van der Waals surface area contributed by atoms with Crippen molar-refractivity contribution in [1.82, 2.24) is 9.97 Å². The fourth-order valence-corrected chi connectivity index (χ4v) is 0.726. The van der Waals surface area contributed by atoms with Crippen LogP contribution in [0.3, 0.4) is 0 Å². The largest absolute Gasteiger partial charge is 0.381 e. The topological polar surface area (TPSA) is 75.6 Å². The predicted octanol–water partition coefficient (Wildman–Crippen LogP) is 0.892. The molecule has 0 aromatic carbocycles. The van der Waals surface area contributed by atoms with E-state index in [0.717, 1.165) is 0 Å². The van der Waals surface area contributed by atoms with E-state index in [-0.39, 0.29) is 16.7 Å². The zero-order valence-electron chi connectivity index (χ0n) is 5.80. The van der Waals surface area contributed by atoms with Gasteiger partial charge in [0.2, 0.25) is 0 Å². The van der Waals surface area contributed by atoms with E-state index < -0.39 is 0 Å². The average molecular weight is 169 g/mol. The second kappa shape index (κ2) is 2.72. The highest BCUT2D eigenvalue weighted by Crippen LogP contribution is 2.13. The molecule has 1 aromatic rings. The number of nitrogen functional groups attached to an aromatic ring is 1. The van der Waals surface area contributed by atoms with E-state index in [1.165, 1.54) is 0 Å². The van der Waals surface area contributed by atoms with Gasteiger partial charge in [-0.05, 0) is 6.92 Å². The predicted molar refractivity (Wildman–Crippen MR) is 40.9 cm³/mol. The van der Waals surface area contributed by atoms with Gasteiger partial charge in [0, 0.05) is 0 Å². The highest BCUT2D eigenvalue weighted by Gasteiger charge is 2.04. The maximum Gasteiger partial charge on any atom is 0.183 e. The minimum absolute atomic E-state index is 0.0723. The molecule has 4 nitrogen and oxygen atoms in total. The lowest BCUT2D eigenvalue weighted by Crippen LogP contribution is -2.00. The highest BCUT2D eigenvalue weighted by molar-refractivity contribution is 6.30. The van der Waals surface area contributed by atoms with Crippen molar-refractivity contribution in [2.24, 2.45) is 0 Å². The number of aromatic nitrogens is 2. The summed E-state index contributed by atoms with van der Waals surface area (Å²) in [7, 11) is 0. The molecule has 0 aliphatic rings. The Morgan fingerprint density at radius 3 is 2.73 bits per heavy atom. The third-order valence-corrected chi connectivity index (χ3v) is 1.50. The number of rotatable bonds is 0. The molecule has 0 atom stereocenters. The Labute approximate surface area is 68.6 Å². The number of hydrogen-bond acceptors (Lipinski definition) is 4. The number of nitrogens with two attached hydrogens (primary N) is 1. The zero-order chi connectivity index (χ0) is 8.43. The summed E-state index contributed by atoms with van der Waals surface area (Å²) in [4.78, 5) is 7.51. The summed E-state index contributed by atoms with van der Waals surface area (Å²) in [6.45, 7) is 1.66. The van der Waals surface area contributed by atoms with Crippen LogP contribution in [0.25, 0.3) is 0 Å². The van der Waals surface area contributed by atoms with Gasteiger partial charge in [0.05, 0.1) is 5.69 Å². The highest BCUT2D eigenvalue weighted by atomic mass is 35.5. The molecule has 0 spiro atoms. The van der Waals surface area contributed by atoms with Crippen molar-refractivity contribution >= 4 is 17.4 Å². The van der Waals surface area contributed by atoms with E-state index in [9.17, 15) is 0 Å². The normalized spacial score (nSPS) is 9.18. The zero-order valence-corrected chi connectivity index (χ0v) is 6.55. The maximum atomic E-state index is 8.46. The Bertz CT molecular complexity index is 328. The van der Waals surface area contributed by atoms with Gasteiger partial charge >= 0.3 is 0 Å². The Morgan fingerprint density at radius 2 is 2.18 bits per heavy atom. The lowest BCUT2D eigenvalue weighted by Gasteiger charge is -1.98. The lowest BCUT2D eigenvalue weighted by atomic mass is 10.4. The average Bonchev–Trinajstić information content (AvgIpc) is 1.97. The Morgan fingerprint density at radius 1 is 1.55 bits per heavy atom. The van der Waals surface area contributed by atoms with Gasteiger partial charge in [-0.2, -0.15) is 5.26 Å². The molecular formula is C6H5ClN4. The number of halogens is 1. The number of anilines is 1. The molecule has 11 heavy (non-hydrogen) atoms. The number of nitrogens with zero attached hydrogens (tertiary/aromatic N) is 3. The SMILES string of the molecule is Cc1nc(C#N)c(N)nc1Cl. The quantitative estimate of drug-likeness (QED) is 0.624. The fourth-order valence-electron chi connectivity index (χ4n) is 0.593. The van der Waals surface area contributed by atoms with Crippen LogP contribution >= 0.6 is 11.6 Å². The van der Waals surface area contributed by atoms with E-state index in [2.05, 4.69) is 9.97 Å². The molecule has 0 radical (unpaired) electrons. The molecule has 56 valence electrons. The summed E-state index contributed by atoms with van der Waals surface area (Å²) in [6.07, 6.45) is 0. The molecule has 0 amide bonds. The first-order valence-electron chi connectivity index (χ1n) is 2.85. The number of hydrogen-bond donors (Lipinski definition) is 1. The van der Waals surface area contributed by atoms with Crippen molar-refractivity contribution in [2.45, 2.75) is 6.92 Å². The van der Waals surface area contributed by atoms with E-state index in [1.54, 1.807) is 13.0 Å².